The molecule has 0 fully saturated rings. The Morgan fingerprint density at radius 1 is 1.20 bits per heavy atom. The molecule has 1 rings (SSSR count). The summed E-state index contributed by atoms with van der Waals surface area (Å²) in [4.78, 5) is 12.0. The zero-order valence-corrected chi connectivity index (χ0v) is 12.2. The van der Waals surface area contributed by atoms with E-state index in [0.717, 1.165) is 12.1 Å². The van der Waals surface area contributed by atoms with E-state index in [1.165, 1.54) is 12.1 Å². The lowest BCUT2D eigenvalue weighted by molar-refractivity contribution is -0.137. The molecule has 112 valence electrons. The van der Waals surface area contributed by atoms with Crippen molar-refractivity contribution in [1.82, 2.24) is 0 Å². The molecular weight excluding hydrogens is 293 g/mol. The maximum atomic E-state index is 12.4. The van der Waals surface area contributed by atoms with Crippen LogP contribution in [0.25, 0.3) is 0 Å². The van der Waals surface area contributed by atoms with Gasteiger partial charge in [0.05, 0.1) is 11.4 Å². The first-order chi connectivity index (χ1) is 9.05. The lowest BCUT2D eigenvalue weighted by Crippen LogP contribution is -2.37. The number of rotatable bonds is 4. The van der Waals surface area contributed by atoms with Crippen LogP contribution in [0.5, 0.6) is 5.75 Å². The van der Waals surface area contributed by atoms with E-state index in [0.29, 0.717) is 0 Å². The Morgan fingerprint density at radius 3 is 2.05 bits per heavy atom. The summed E-state index contributed by atoms with van der Waals surface area (Å²) in [6, 6.07) is 4.17. The predicted octanol–water partition coefficient (Wildman–Crippen LogP) is 4.31. The van der Waals surface area contributed by atoms with E-state index in [1.807, 2.05) is 0 Å². The van der Waals surface area contributed by atoms with Crippen LogP contribution in [-0.4, -0.2) is 17.8 Å². The van der Waals surface area contributed by atoms with Gasteiger partial charge in [0.1, 0.15) is 5.75 Å². The van der Waals surface area contributed by atoms with E-state index in [-0.39, 0.29) is 17.4 Å². The fourth-order valence-electron chi connectivity index (χ4n) is 1.52. The van der Waals surface area contributed by atoms with Gasteiger partial charge in [0.25, 0.3) is 0 Å². The van der Waals surface area contributed by atoms with Crippen LogP contribution in [-0.2, 0) is 11.0 Å². The number of ketones is 1. The van der Waals surface area contributed by atoms with E-state index in [9.17, 15) is 18.0 Å². The van der Waals surface area contributed by atoms with Crippen LogP contribution < -0.4 is 4.74 Å². The van der Waals surface area contributed by atoms with Crippen LogP contribution in [0.3, 0.4) is 0 Å². The molecule has 1 aromatic carbocycles. The summed E-state index contributed by atoms with van der Waals surface area (Å²) in [5.41, 5.74) is -1.40. The molecule has 1 unspecified atom stereocenters. The van der Waals surface area contributed by atoms with Crippen LogP contribution in [0.1, 0.15) is 26.3 Å². The summed E-state index contributed by atoms with van der Waals surface area (Å²) in [6.07, 6.45) is -5.28. The number of benzene rings is 1. The van der Waals surface area contributed by atoms with E-state index in [2.05, 4.69) is 0 Å². The summed E-state index contributed by atoms with van der Waals surface area (Å²) in [7, 11) is 0. The normalized spacial score (nSPS) is 13.9. The summed E-state index contributed by atoms with van der Waals surface area (Å²) in [5.74, 6) is -0.0782. The second kappa shape index (κ2) is 6.04. The molecule has 6 heteroatoms. The monoisotopic (exact) mass is 308 g/mol. The van der Waals surface area contributed by atoms with Crippen LogP contribution in [0.2, 0.25) is 0 Å². The van der Waals surface area contributed by atoms with Gasteiger partial charge in [0.15, 0.2) is 11.9 Å². The van der Waals surface area contributed by atoms with Crippen LogP contribution in [0.4, 0.5) is 13.2 Å². The van der Waals surface area contributed by atoms with Gasteiger partial charge in [-0.15, -0.1) is 11.6 Å². The van der Waals surface area contributed by atoms with Gasteiger partial charge in [-0.2, -0.15) is 13.2 Å². The fraction of sp³-hybridized carbons (Fsp3) is 0.500. The molecule has 0 N–H and O–H groups in total. The highest BCUT2D eigenvalue weighted by atomic mass is 35.5. The molecule has 0 bridgehead atoms. The molecule has 0 saturated heterocycles. The molecule has 0 heterocycles. The molecule has 0 aliphatic heterocycles. The zero-order valence-electron chi connectivity index (χ0n) is 11.4. The number of alkyl halides is 4. The van der Waals surface area contributed by atoms with Gasteiger partial charge in [0, 0.05) is 5.41 Å². The number of carbonyl (C=O) groups is 1. The number of Topliss-reactive ketones (excluding diaryl/α,β-unsaturated/α-hetero) is 1. The van der Waals surface area contributed by atoms with Gasteiger partial charge in [-0.1, -0.05) is 20.8 Å². The molecule has 0 aliphatic rings. The van der Waals surface area contributed by atoms with E-state index in [4.69, 9.17) is 16.3 Å². The smallest absolute Gasteiger partial charge is 0.416 e. The summed E-state index contributed by atoms with van der Waals surface area (Å²) >= 11 is 5.70. The SMILES string of the molecule is CC(C)(C)C(=O)C(CCl)Oc1ccc(C(F)(F)F)cc1. The molecule has 0 radical (unpaired) electrons. The molecule has 0 saturated carbocycles. The lowest BCUT2D eigenvalue weighted by Gasteiger charge is -2.24. The van der Waals surface area contributed by atoms with E-state index >= 15 is 0 Å². The van der Waals surface area contributed by atoms with Crippen LogP contribution in [0.15, 0.2) is 24.3 Å². The second-order valence-corrected chi connectivity index (χ2v) is 5.71. The topological polar surface area (TPSA) is 26.3 Å². The Bertz CT molecular complexity index is 461. The molecule has 2 nitrogen and oxygen atoms in total. The Hall–Kier alpha value is -1.23. The highest BCUT2D eigenvalue weighted by molar-refractivity contribution is 6.20. The molecule has 1 aromatic rings. The average molecular weight is 309 g/mol. The van der Waals surface area contributed by atoms with Crippen molar-refractivity contribution in [2.24, 2.45) is 5.41 Å². The van der Waals surface area contributed by atoms with Gasteiger partial charge < -0.3 is 4.74 Å². The van der Waals surface area contributed by atoms with E-state index < -0.39 is 23.3 Å². The number of carbonyl (C=O) groups excluding carboxylic acids is 1. The summed E-state index contributed by atoms with van der Waals surface area (Å²) < 4.78 is 42.6. The second-order valence-electron chi connectivity index (χ2n) is 5.40. The minimum atomic E-state index is -4.40. The predicted molar refractivity (Wildman–Crippen MR) is 71.0 cm³/mol. The Morgan fingerprint density at radius 2 is 1.70 bits per heavy atom. The van der Waals surface area contributed by atoms with Gasteiger partial charge >= 0.3 is 6.18 Å². The molecule has 0 spiro atoms. The molecule has 0 aromatic heterocycles. The van der Waals surface area contributed by atoms with Gasteiger partial charge in [-0.25, -0.2) is 0 Å². The number of halogens is 4. The first-order valence-corrected chi connectivity index (χ1v) is 6.53. The molecule has 1 atom stereocenters. The minimum absolute atomic E-state index is 0.0584. The quantitative estimate of drug-likeness (QED) is 0.775. The van der Waals surface area contributed by atoms with Crippen molar-refractivity contribution in [2.45, 2.75) is 33.1 Å². The average Bonchev–Trinajstić information content (AvgIpc) is 2.33. The summed E-state index contributed by atoms with van der Waals surface area (Å²) in [5, 5.41) is 0. The highest BCUT2D eigenvalue weighted by Crippen LogP contribution is 2.30. The standard InChI is InChI=1S/C14H16ClF3O2/c1-13(2,3)12(19)11(8-15)20-10-6-4-9(5-7-10)14(16,17)18/h4-7,11H,8H2,1-3H3. The molecule has 0 amide bonds. The highest BCUT2D eigenvalue weighted by Gasteiger charge is 2.32. The maximum absolute atomic E-state index is 12.4. The number of hydrogen-bond acceptors (Lipinski definition) is 2. The number of hydrogen-bond donors (Lipinski definition) is 0. The van der Waals surface area contributed by atoms with E-state index in [1.54, 1.807) is 20.8 Å². The van der Waals surface area contributed by atoms with Crippen molar-refractivity contribution in [3.63, 3.8) is 0 Å². The van der Waals surface area contributed by atoms with Crippen molar-refractivity contribution >= 4 is 17.4 Å². The minimum Gasteiger partial charge on any atom is -0.481 e. The molecular formula is C14H16ClF3O2. The van der Waals surface area contributed by atoms with Gasteiger partial charge in [0.2, 0.25) is 0 Å². The van der Waals surface area contributed by atoms with Crippen LogP contribution in [0, 0.1) is 5.41 Å². The van der Waals surface area contributed by atoms with Gasteiger partial charge in [-0.3, -0.25) is 4.79 Å². The van der Waals surface area contributed by atoms with Crippen molar-refractivity contribution < 1.29 is 22.7 Å². The van der Waals surface area contributed by atoms with Crippen molar-refractivity contribution in [1.29, 1.82) is 0 Å². The Balaban J connectivity index is 2.84. The fourth-order valence-corrected chi connectivity index (χ4v) is 1.73. The van der Waals surface area contributed by atoms with Crippen molar-refractivity contribution in [2.75, 3.05) is 5.88 Å². The Kier molecular flexibility index (Phi) is 5.08. The molecule has 0 aliphatic carbocycles. The van der Waals surface area contributed by atoms with Gasteiger partial charge in [-0.05, 0) is 24.3 Å². The Labute approximate surface area is 120 Å². The summed E-state index contributed by atoms with van der Waals surface area (Å²) in [6.45, 7) is 5.18. The zero-order chi connectivity index (χ0) is 15.6. The van der Waals surface area contributed by atoms with Crippen molar-refractivity contribution in [3.8, 4) is 5.75 Å². The molecule has 20 heavy (non-hydrogen) atoms. The maximum Gasteiger partial charge on any atom is 0.416 e. The third kappa shape index (κ3) is 4.40. The first-order valence-electron chi connectivity index (χ1n) is 6.00. The third-order valence-corrected chi connectivity index (χ3v) is 2.91. The largest absolute Gasteiger partial charge is 0.481 e. The van der Waals surface area contributed by atoms with Crippen molar-refractivity contribution in [3.05, 3.63) is 29.8 Å². The van der Waals surface area contributed by atoms with Crippen LogP contribution >= 0.6 is 11.6 Å². The number of ether oxygens (including phenoxy) is 1. The lowest BCUT2D eigenvalue weighted by atomic mass is 9.88. The first kappa shape index (κ1) is 16.8. The third-order valence-electron chi connectivity index (χ3n) is 2.63.